The highest BCUT2D eigenvalue weighted by atomic mass is 35.5. The number of nitrogens with two attached hydrogens (primary N) is 1. The molecule has 0 spiro atoms. The zero-order valence-corrected chi connectivity index (χ0v) is 14.2. The summed E-state index contributed by atoms with van der Waals surface area (Å²) in [5, 5.41) is 12.5. The molecule has 0 saturated heterocycles. The molecule has 23 heavy (non-hydrogen) atoms. The summed E-state index contributed by atoms with van der Waals surface area (Å²) in [7, 11) is 0. The van der Waals surface area contributed by atoms with Gasteiger partial charge >= 0.3 is 0 Å². The lowest BCUT2D eigenvalue weighted by atomic mass is 9.98. The highest BCUT2D eigenvalue weighted by Crippen LogP contribution is 2.30. The molecular weight excluding hydrogens is 331 g/mol. The van der Waals surface area contributed by atoms with Gasteiger partial charge in [0, 0.05) is 16.7 Å². The molecule has 1 aromatic heterocycles. The van der Waals surface area contributed by atoms with Crippen LogP contribution in [0.2, 0.25) is 5.02 Å². The topological polar surface area (TPSA) is 51.2 Å². The molecule has 3 N–H and O–H groups in total. The molecule has 0 radical (unpaired) electrons. The molecule has 3 nitrogen and oxygen atoms in total. The molecule has 0 bridgehead atoms. The second-order valence-corrected chi connectivity index (χ2v) is 5.86. The van der Waals surface area contributed by atoms with Crippen LogP contribution in [0.3, 0.4) is 0 Å². The summed E-state index contributed by atoms with van der Waals surface area (Å²) >= 11 is 6.13. The van der Waals surface area contributed by atoms with E-state index in [9.17, 15) is 5.11 Å². The van der Waals surface area contributed by atoms with Gasteiger partial charge in [-0.1, -0.05) is 41.9 Å². The molecule has 2 atom stereocenters. The van der Waals surface area contributed by atoms with Crippen molar-refractivity contribution >= 4 is 34.9 Å². The van der Waals surface area contributed by atoms with E-state index >= 15 is 0 Å². The van der Waals surface area contributed by atoms with Crippen molar-refractivity contribution < 1.29 is 5.11 Å². The minimum Gasteiger partial charge on any atom is -0.391 e. The van der Waals surface area contributed by atoms with E-state index in [4.69, 9.17) is 17.3 Å². The minimum absolute atomic E-state index is 0. The lowest BCUT2D eigenvalue weighted by Gasteiger charge is -2.26. The monoisotopic (exact) mass is 350 g/mol. The number of rotatable bonds is 5. The lowest BCUT2D eigenvalue weighted by molar-refractivity contribution is 0.125. The number of aromatic nitrogens is 1. The van der Waals surface area contributed by atoms with Crippen molar-refractivity contribution in [1.29, 1.82) is 0 Å². The first-order valence-electron chi connectivity index (χ1n) is 7.40. The van der Waals surface area contributed by atoms with Gasteiger partial charge < -0.3 is 15.4 Å². The predicted molar refractivity (Wildman–Crippen MR) is 98.5 cm³/mol. The highest BCUT2D eigenvalue weighted by molar-refractivity contribution is 6.30. The average molecular weight is 351 g/mol. The number of hydrogen-bond donors (Lipinski definition) is 2. The first-order valence-corrected chi connectivity index (χ1v) is 7.77. The van der Waals surface area contributed by atoms with Crippen molar-refractivity contribution in [3.05, 3.63) is 71.4 Å². The number of nitrogens with zero attached hydrogens (tertiary/aromatic N) is 1. The third kappa shape index (κ3) is 3.70. The van der Waals surface area contributed by atoms with Crippen molar-refractivity contribution in [2.45, 2.75) is 18.6 Å². The summed E-state index contributed by atoms with van der Waals surface area (Å²) in [6.45, 7) is 0.442. The molecule has 0 saturated carbocycles. The third-order valence-electron chi connectivity index (χ3n) is 3.95. The van der Waals surface area contributed by atoms with Crippen LogP contribution in [0.1, 0.15) is 18.0 Å². The largest absolute Gasteiger partial charge is 0.391 e. The first kappa shape index (κ1) is 17.8. The maximum Gasteiger partial charge on any atom is 0.0846 e. The van der Waals surface area contributed by atoms with Crippen LogP contribution in [0.5, 0.6) is 0 Å². The van der Waals surface area contributed by atoms with E-state index in [0.717, 1.165) is 16.5 Å². The molecule has 2 aromatic carbocycles. The number of halogens is 2. The Labute approximate surface area is 147 Å². The standard InChI is InChI=1S/C18H19ClN2O.ClH/c19-15-6-3-5-14(12-15)18(17(22)8-10-20)21-11-9-13-4-1-2-7-16(13)21;/h1-7,9,11-12,17-18,22H,8,10,20H2;1H/t17-,18+;/m1./s1. The molecule has 3 aromatic rings. The van der Waals surface area contributed by atoms with E-state index in [2.05, 4.69) is 22.8 Å². The summed E-state index contributed by atoms with van der Waals surface area (Å²) in [6.07, 6.45) is 1.97. The molecule has 0 aliphatic heterocycles. The van der Waals surface area contributed by atoms with Crippen LogP contribution in [0.25, 0.3) is 10.9 Å². The Balaban J connectivity index is 0.00000192. The van der Waals surface area contributed by atoms with Crippen molar-refractivity contribution in [3.8, 4) is 0 Å². The fourth-order valence-electron chi connectivity index (χ4n) is 2.93. The molecule has 5 heteroatoms. The highest BCUT2D eigenvalue weighted by Gasteiger charge is 2.23. The predicted octanol–water partition coefficient (Wildman–Crippen LogP) is 4.02. The summed E-state index contributed by atoms with van der Waals surface area (Å²) in [5.74, 6) is 0. The van der Waals surface area contributed by atoms with E-state index < -0.39 is 6.10 Å². The number of aliphatic hydroxyl groups excluding tert-OH is 1. The van der Waals surface area contributed by atoms with Gasteiger partial charge in [0.15, 0.2) is 0 Å². The minimum atomic E-state index is -0.570. The number of hydrogen-bond acceptors (Lipinski definition) is 2. The molecule has 0 unspecified atom stereocenters. The third-order valence-corrected chi connectivity index (χ3v) is 4.18. The molecule has 0 amide bonds. The van der Waals surface area contributed by atoms with Gasteiger partial charge in [0.05, 0.1) is 12.1 Å². The van der Waals surface area contributed by atoms with Gasteiger partial charge in [0.2, 0.25) is 0 Å². The Morgan fingerprint density at radius 1 is 1.09 bits per heavy atom. The van der Waals surface area contributed by atoms with Crippen molar-refractivity contribution in [1.82, 2.24) is 4.57 Å². The van der Waals surface area contributed by atoms with Crippen molar-refractivity contribution in [2.24, 2.45) is 5.73 Å². The van der Waals surface area contributed by atoms with E-state index in [0.29, 0.717) is 18.0 Å². The molecular formula is C18H20Cl2N2O. The molecule has 0 aliphatic carbocycles. The average Bonchev–Trinajstić information content (AvgIpc) is 2.92. The normalized spacial score (nSPS) is 13.5. The van der Waals surface area contributed by atoms with E-state index in [1.54, 1.807) is 0 Å². The molecule has 0 fully saturated rings. The molecule has 0 aliphatic rings. The number of benzene rings is 2. The number of aliphatic hydroxyl groups is 1. The van der Waals surface area contributed by atoms with Crippen LogP contribution in [0.4, 0.5) is 0 Å². The smallest absolute Gasteiger partial charge is 0.0846 e. The summed E-state index contributed by atoms with van der Waals surface area (Å²) in [6, 6.07) is 17.6. The Bertz CT molecular complexity index is 772. The van der Waals surface area contributed by atoms with E-state index in [1.807, 2.05) is 42.6 Å². The second-order valence-electron chi connectivity index (χ2n) is 5.43. The summed E-state index contributed by atoms with van der Waals surface area (Å²) in [4.78, 5) is 0. The van der Waals surface area contributed by atoms with Crippen LogP contribution in [-0.2, 0) is 0 Å². The molecule has 1 heterocycles. The Hall–Kier alpha value is -1.52. The fourth-order valence-corrected chi connectivity index (χ4v) is 3.13. The van der Waals surface area contributed by atoms with Gasteiger partial charge in [-0.25, -0.2) is 0 Å². The number of para-hydroxylation sites is 1. The lowest BCUT2D eigenvalue weighted by Crippen LogP contribution is -2.27. The maximum absolute atomic E-state index is 10.6. The fraction of sp³-hybridized carbons (Fsp3) is 0.222. The molecule has 122 valence electrons. The zero-order chi connectivity index (χ0) is 15.5. The second kappa shape index (κ2) is 7.84. The van der Waals surface area contributed by atoms with Gasteiger partial charge in [-0.2, -0.15) is 0 Å². The van der Waals surface area contributed by atoms with Crippen LogP contribution >= 0.6 is 24.0 Å². The van der Waals surface area contributed by atoms with Gasteiger partial charge in [-0.05, 0) is 48.2 Å². The van der Waals surface area contributed by atoms with Crippen molar-refractivity contribution in [3.63, 3.8) is 0 Å². The first-order chi connectivity index (χ1) is 10.7. The number of fused-ring (bicyclic) bond motifs is 1. The summed E-state index contributed by atoms with van der Waals surface area (Å²) in [5.41, 5.74) is 7.71. The van der Waals surface area contributed by atoms with Gasteiger partial charge in [0.1, 0.15) is 0 Å². The Morgan fingerprint density at radius 3 is 2.61 bits per heavy atom. The van der Waals surface area contributed by atoms with E-state index in [1.165, 1.54) is 0 Å². The van der Waals surface area contributed by atoms with Crippen LogP contribution < -0.4 is 5.73 Å². The van der Waals surface area contributed by atoms with Crippen LogP contribution in [0.15, 0.2) is 60.8 Å². The van der Waals surface area contributed by atoms with Gasteiger partial charge in [-0.3, -0.25) is 0 Å². The zero-order valence-electron chi connectivity index (χ0n) is 12.6. The van der Waals surface area contributed by atoms with Crippen molar-refractivity contribution in [2.75, 3.05) is 6.54 Å². The van der Waals surface area contributed by atoms with Gasteiger partial charge in [0.25, 0.3) is 0 Å². The quantitative estimate of drug-likeness (QED) is 0.730. The summed E-state index contributed by atoms with van der Waals surface area (Å²) < 4.78 is 2.10. The van der Waals surface area contributed by atoms with E-state index in [-0.39, 0.29) is 18.4 Å². The Kier molecular flexibility index (Phi) is 6.08. The SMILES string of the molecule is Cl.NCC[C@@H](O)[C@H](c1cccc(Cl)c1)n1ccc2ccccc21. The maximum atomic E-state index is 10.6. The Morgan fingerprint density at radius 2 is 1.87 bits per heavy atom. The van der Waals surface area contributed by atoms with Crippen LogP contribution in [-0.4, -0.2) is 22.3 Å². The van der Waals surface area contributed by atoms with Crippen LogP contribution in [0, 0.1) is 0 Å². The molecule has 3 rings (SSSR count). The van der Waals surface area contributed by atoms with Gasteiger partial charge in [-0.15, -0.1) is 12.4 Å².